The molecule has 0 saturated carbocycles. The molecule has 0 bridgehead atoms. The van der Waals surface area contributed by atoms with E-state index in [9.17, 15) is 13.2 Å². The largest absolute Gasteiger partial charge is 0.465 e. The van der Waals surface area contributed by atoms with Crippen molar-refractivity contribution in [3.8, 4) is 11.1 Å². The zero-order chi connectivity index (χ0) is 21.7. The van der Waals surface area contributed by atoms with Crippen LogP contribution in [-0.2, 0) is 21.2 Å². The van der Waals surface area contributed by atoms with Crippen LogP contribution in [0.25, 0.3) is 11.1 Å². The van der Waals surface area contributed by atoms with Gasteiger partial charge >= 0.3 is 5.97 Å². The van der Waals surface area contributed by atoms with E-state index in [1.54, 1.807) is 13.0 Å². The van der Waals surface area contributed by atoms with Gasteiger partial charge < -0.3 is 4.74 Å². The summed E-state index contributed by atoms with van der Waals surface area (Å²) in [6.45, 7) is 1.97. The molecule has 30 heavy (non-hydrogen) atoms. The molecule has 1 N–H and O–H groups in total. The standard InChI is InChI=1S/C23H22ClNO4S/c1-16-3-12-21(15-22(16)23(26)29-2)30(27,28)25-14-13-17-4-6-18(7-5-17)19-8-10-20(24)11-9-19/h3-12,15,25H,13-14H2,1-2H3. The summed E-state index contributed by atoms with van der Waals surface area (Å²) >= 11 is 5.92. The average Bonchev–Trinajstić information content (AvgIpc) is 2.74. The van der Waals surface area contributed by atoms with Gasteiger partial charge in [-0.05, 0) is 59.9 Å². The van der Waals surface area contributed by atoms with E-state index in [4.69, 9.17) is 16.3 Å². The second kappa shape index (κ2) is 9.43. The molecular weight excluding hydrogens is 422 g/mol. The number of hydrogen-bond acceptors (Lipinski definition) is 4. The molecular formula is C23H22ClNO4S. The Bertz CT molecular complexity index is 1140. The molecule has 3 aromatic carbocycles. The van der Waals surface area contributed by atoms with Gasteiger partial charge in [-0.1, -0.05) is 54.1 Å². The Labute approximate surface area is 181 Å². The predicted molar refractivity (Wildman–Crippen MR) is 118 cm³/mol. The highest BCUT2D eigenvalue weighted by Crippen LogP contribution is 2.22. The SMILES string of the molecule is COC(=O)c1cc(S(=O)(=O)NCCc2ccc(-c3ccc(Cl)cc3)cc2)ccc1C. The average molecular weight is 444 g/mol. The lowest BCUT2D eigenvalue weighted by Gasteiger charge is -2.10. The van der Waals surface area contributed by atoms with Crippen molar-refractivity contribution in [3.63, 3.8) is 0 Å². The van der Waals surface area contributed by atoms with E-state index in [1.807, 2.05) is 48.5 Å². The summed E-state index contributed by atoms with van der Waals surface area (Å²) in [6.07, 6.45) is 0.538. The fraction of sp³-hybridized carbons (Fsp3) is 0.174. The number of aryl methyl sites for hydroxylation is 1. The van der Waals surface area contributed by atoms with Crippen molar-refractivity contribution in [1.82, 2.24) is 4.72 Å². The van der Waals surface area contributed by atoms with Gasteiger partial charge in [0.1, 0.15) is 0 Å². The van der Waals surface area contributed by atoms with Gasteiger partial charge in [0.2, 0.25) is 10.0 Å². The first-order chi connectivity index (χ1) is 14.3. The summed E-state index contributed by atoms with van der Waals surface area (Å²) in [5.41, 5.74) is 4.02. The number of carbonyl (C=O) groups is 1. The van der Waals surface area contributed by atoms with Crippen LogP contribution in [0.15, 0.2) is 71.6 Å². The van der Waals surface area contributed by atoms with Gasteiger partial charge in [-0.25, -0.2) is 17.9 Å². The van der Waals surface area contributed by atoms with Crippen LogP contribution in [0.4, 0.5) is 0 Å². The number of hydrogen-bond donors (Lipinski definition) is 1. The minimum Gasteiger partial charge on any atom is -0.465 e. The molecule has 0 fully saturated rings. The second-order valence-electron chi connectivity index (χ2n) is 6.82. The highest BCUT2D eigenvalue weighted by Gasteiger charge is 2.18. The number of methoxy groups -OCH3 is 1. The molecule has 0 saturated heterocycles. The Balaban J connectivity index is 1.64. The van der Waals surface area contributed by atoms with Crippen LogP contribution < -0.4 is 4.72 Å². The number of nitrogens with one attached hydrogen (secondary N) is 1. The number of carbonyl (C=O) groups excluding carboxylic acids is 1. The van der Waals surface area contributed by atoms with Crippen molar-refractivity contribution in [3.05, 3.63) is 88.4 Å². The van der Waals surface area contributed by atoms with Crippen LogP contribution in [0, 0.1) is 6.92 Å². The van der Waals surface area contributed by atoms with Gasteiger partial charge in [-0.2, -0.15) is 0 Å². The molecule has 0 unspecified atom stereocenters. The number of benzene rings is 3. The maximum Gasteiger partial charge on any atom is 0.338 e. The normalized spacial score (nSPS) is 11.3. The summed E-state index contributed by atoms with van der Waals surface area (Å²) in [6, 6.07) is 19.9. The van der Waals surface area contributed by atoms with E-state index >= 15 is 0 Å². The molecule has 0 heterocycles. The van der Waals surface area contributed by atoms with Crippen molar-refractivity contribution in [1.29, 1.82) is 0 Å². The minimum atomic E-state index is -3.74. The van der Waals surface area contributed by atoms with Gasteiger partial charge in [0, 0.05) is 11.6 Å². The van der Waals surface area contributed by atoms with E-state index in [1.165, 1.54) is 19.2 Å². The van der Waals surface area contributed by atoms with Crippen molar-refractivity contribution in [2.75, 3.05) is 13.7 Å². The first-order valence-corrected chi connectivity index (χ1v) is 11.2. The van der Waals surface area contributed by atoms with Crippen LogP contribution >= 0.6 is 11.6 Å². The topological polar surface area (TPSA) is 72.5 Å². The van der Waals surface area contributed by atoms with E-state index < -0.39 is 16.0 Å². The van der Waals surface area contributed by atoms with E-state index in [2.05, 4.69) is 4.72 Å². The molecule has 5 nitrogen and oxygen atoms in total. The Morgan fingerprint density at radius 3 is 2.17 bits per heavy atom. The Morgan fingerprint density at radius 1 is 0.967 bits per heavy atom. The number of ether oxygens (including phenoxy) is 1. The summed E-state index contributed by atoms with van der Waals surface area (Å²) in [4.78, 5) is 11.8. The maximum absolute atomic E-state index is 12.6. The highest BCUT2D eigenvalue weighted by molar-refractivity contribution is 7.89. The minimum absolute atomic E-state index is 0.0339. The monoisotopic (exact) mass is 443 g/mol. The van der Waals surface area contributed by atoms with Crippen LogP contribution in [0.5, 0.6) is 0 Å². The highest BCUT2D eigenvalue weighted by atomic mass is 35.5. The summed E-state index contributed by atoms with van der Waals surface area (Å²) in [7, 11) is -2.47. The lowest BCUT2D eigenvalue weighted by atomic mass is 10.0. The lowest BCUT2D eigenvalue weighted by molar-refractivity contribution is 0.0599. The van der Waals surface area contributed by atoms with Crippen LogP contribution in [-0.4, -0.2) is 28.0 Å². The van der Waals surface area contributed by atoms with Crippen molar-refractivity contribution in [2.24, 2.45) is 0 Å². The molecule has 0 amide bonds. The fourth-order valence-electron chi connectivity index (χ4n) is 3.02. The van der Waals surface area contributed by atoms with Crippen LogP contribution in [0.2, 0.25) is 5.02 Å². The molecule has 3 rings (SSSR count). The first kappa shape index (κ1) is 22.0. The lowest BCUT2D eigenvalue weighted by Crippen LogP contribution is -2.26. The molecule has 0 aliphatic rings. The molecule has 0 aliphatic heterocycles. The summed E-state index contributed by atoms with van der Waals surface area (Å²) < 4.78 is 32.5. The second-order valence-corrected chi connectivity index (χ2v) is 9.02. The number of sulfonamides is 1. The van der Waals surface area contributed by atoms with Gasteiger partial charge in [-0.15, -0.1) is 0 Å². The molecule has 7 heteroatoms. The third kappa shape index (κ3) is 5.27. The Hall–Kier alpha value is -2.67. The molecule has 0 atom stereocenters. The molecule has 0 aliphatic carbocycles. The summed E-state index contributed by atoms with van der Waals surface area (Å²) in [5, 5.41) is 0.690. The zero-order valence-electron chi connectivity index (χ0n) is 16.7. The number of esters is 1. The summed E-state index contributed by atoms with van der Waals surface area (Å²) in [5.74, 6) is -0.565. The van der Waals surface area contributed by atoms with Gasteiger partial charge in [0.05, 0.1) is 17.6 Å². The molecule has 0 spiro atoms. The Kier molecular flexibility index (Phi) is 6.92. The number of rotatable bonds is 7. The first-order valence-electron chi connectivity index (χ1n) is 9.33. The smallest absolute Gasteiger partial charge is 0.338 e. The Morgan fingerprint density at radius 2 is 1.57 bits per heavy atom. The molecule has 0 radical (unpaired) electrons. The fourth-order valence-corrected chi connectivity index (χ4v) is 4.20. The quantitative estimate of drug-likeness (QED) is 0.540. The van der Waals surface area contributed by atoms with E-state index in [0.29, 0.717) is 17.0 Å². The van der Waals surface area contributed by atoms with Crippen LogP contribution in [0.3, 0.4) is 0 Å². The van der Waals surface area contributed by atoms with Crippen molar-refractivity contribution < 1.29 is 17.9 Å². The molecule has 156 valence electrons. The molecule has 3 aromatic rings. The number of halogens is 1. The van der Waals surface area contributed by atoms with Crippen molar-refractivity contribution >= 4 is 27.6 Å². The third-order valence-electron chi connectivity index (χ3n) is 4.76. The third-order valence-corrected chi connectivity index (χ3v) is 6.47. The van der Waals surface area contributed by atoms with E-state index in [-0.39, 0.29) is 17.0 Å². The van der Waals surface area contributed by atoms with E-state index in [0.717, 1.165) is 16.7 Å². The zero-order valence-corrected chi connectivity index (χ0v) is 18.3. The predicted octanol–water partition coefficient (Wildman–Crippen LogP) is 4.62. The van der Waals surface area contributed by atoms with Gasteiger partial charge in [0.15, 0.2) is 0 Å². The van der Waals surface area contributed by atoms with Gasteiger partial charge in [0.25, 0.3) is 0 Å². The van der Waals surface area contributed by atoms with Crippen LogP contribution in [0.1, 0.15) is 21.5 Å². The molecule has 0 aromatic heterocycles. The van der Waals surface area contributed by atoms with Gasteiger partial charge in [-0.3, -0.25) is 0 Å². The maximum atomic E-state index is 12.6. The van der Waals surface area contributed by atoms with Crippen molar-refractivity contribution in [2.45, 2.75) is 18.2 Å².